The molecule has 2 unspecified atom stereocenters. The summed E-state index contributed by atoms with van der Waals surface area (Å²) < 4.78 is 28.4. The number of hydrogen-bond donors (Lipinski definition) is 3. The highest BCUT2D eigenvalue weighted by molar-refractivity contribution is 5.67. The summed E-state index contributed by atoms with van der Waals surface area (Å²) in [6.07, 6.45) is 4.65. The Morgan fingerprint density at radius 2 is 1.93 bits per heavy atom. The average Bonchev–Trinajstić information content (AvgIpc) is 3.08. The molecule has 0 aliphatic carbocycles. The number of nitrogens with one attached hydrogen (secondary N) is 1. The van der Waals surface area contributed by atoms with Gasteiger partial charge in [0.25, 0.3) is 0 Å². The van der Waals surface area contributed by atoms with Gasteiger partial charge in [-0.05, 0) is 43.0 Å². The molecule has 0 aromatic heterocycles. The molecule has 1 aromatic rings. The number of allylic oxidation sites excluding steroid dienone is 2. The van der Waals surface area contributed by atoms with Crippen molar-refractivity contribution >= 4 is 5.70 Å². The molecule has 2 atom stereocenters. The Labute approximate surface area is 167 Å². The van der Waals surface area contributed by atoms with E-state index in [2.05, 4.69) is 30.6 Å². The number of nitrogens with zero attached hydrogens (tertiary/aromatic N) is 1. The fourth-order valence-corrected chi connectivity index (χ4v) is 3.58. The molecular weight excluding hydrogens is 358 g/mol. The molecule has 0 spiro atoms. The van der Waals surface area contributed by atoms with Gasteiger partial charge in [0.05, 0.1) is 17.4 Å². The molecule has 1 aliphatic heterocycles. The molecular formula is C22H32F2N4. The van der Waals surface area contributed by atoms with Crippen LogP contribution in [0.25, 0.3) is 5.70 Å². The molecule has 4 nitrogen and oxygen atoms in total. The van der Waals surface area contributed by atoms with Crippen LogP contribution in [0.4, 0.5) is 8.78 Å². The largest absolute Gasteiger partial charge is 0.400 e. The van der Waals surface area contributed by atoms with Gasteiger partial charge in [0, 0.05) is 24.5 Å². The van der Waals surface area contributed by atoms with Gasteiger partial charge in [0.15, 0.2) is 0 Å². The molecule has 6 heteroatoms. The molecule has 1 fully saturated rings. The number of rotatable bonds is 8. The van der Waals surface area contributed by atoms with E-state index in [0.29, 0.717) is 5.70 Å². The van der Waals surface area contributed by atoms with Gasteiger partial charge in [-0.3, -0.25) is 0 Å². The molecule has 1 aliphatic rings. The minimum atomic E-state index is -0.682. The van der Waals surface area contributed by atoms with Crippen LogP contribution in [-0.4, -0.2) is 24.0 Å². The highest BCUT2D eigenvalue weighted by atomic mass is 19.1. The maximum absolute atomic E-state index is 14.2. The van der Waals surface area contributed by atoms with Crippen LogP contribution >= 0.6 is 0 Å². The number of nitrogens with two attached hydrogens (primary N) is 2. The summed E-state index contributed by atoms with van der Waals surface area (Å²) in [5, 5.41) is 3.20. The Hall–Kier alpha value is -2.50. The molecule has 0 amide bonds. The fraction of sp³-hybridized carbons (Fsp3) is 0.455. The summed E-state index contributed by atoms with van der Waals surface area (Å²) in [6.45, 7) is 11.8. The SMILES string of the molecule is C=C1NCCN1C(C)/C(N)=C(/C=C(\N)c1c(F)cccc1F)C(C)CCCC. The standard InChI is InChI=1S/C22H32F2N4/c1-5-6-8-14(2)17(22(26)15(3)28-12-11-27-16(28)4)13-20(25)21-18(23)9-7-10-19(21)24/h7,9-10,13-15,27H,4-6,8,11-12,25-26H2,1-3H3/b20-13-,22-17+. The van der Waals surface area contributed by atoms with Gasteiger partial charge in [-0.15, -0.1) is 0 Å². The van der Waals surface area contributed by atoms with E-state index in [1.807, 2.05) is 6.92 Å². The summed E-state index contributed by atoms with van der Waals surface area (Å²) in [4.78, 5) is 2.09. The molecule has 1 heterocycles. The van der Waals surface area contributed by atoms with Crippen molar-refractivity contribution in [1.82, 2.24) is 10.2 Å². The third-order valence-electron chi connectivity index (χ3n) is 5.36. The second-order valence-corrected chi connectivity index (χ2v) is 7.39. The van der Waals surface area contributed by atoms with E-state index in [4.69, 9.17) is 11.5 Å². The average molecular weight is 391 g/mol. The second-order valence-electron chi connectivity index (χ2n) is 7.39. The first-order chi connectivity index (χ1) is 13.3. The molecule has 0 bridgehead atoms. The lowest BCUT2D eigenvalue weighted by molar-refractivity contribution is 0.336. The quantitative estimate of drug-likeness (QED) is 0.586. The highest BCUT2D eigenvalue weighted by Gasteiger charge is 2.25. The second kappa shape index (κ2) is 9.62. The van der Waals surface area contributed by atoms with E-state index >= 15 is 0 Å². The van der Waals surface area contributed by atoms with Gasteiger partial charge >= 0.3 is 0 Å². The zero-order valence-corrected chi connectivity index (χ0v) is 17.1. The maximum Gasteiger partial charge on any atom is 0.135 e. The Bertz CT molecular complexity index is 750. The first kappa shape index (κ1) is 21.8. The molecule has 1 aromatic carbocycles. The van der Waals surface area contributed by atoms with Crippen LogP contribution in [0.15, 0.2) is 47.9 Å². The van der Waals surface area contributed by atoms with Crippen molar-refractivity contribution in [3.63, 3.8) is 0 Å². The first-order valence-corrected chi connectivity index (χ1v) is 9.88. The summed E-state index contributed by atoms with van der Waals surface area (Å²) in [5.74, 6) is -0.427. The zero-order chi connectivity index (χ0) is 20.8. The van der Waals surface area contributed by atoms with Gasteiger partial charge in [-0.2, -0.15) is 0 Å². The summed E-state index contributed by atoms with van der Waals surface area (Å²) in [6, 6.07) is 3.63. The first-order valence-electron chi connectivity index (χ1n) is 9.88. The van der Waals surface area contributed by atoms with Crippen molar-refractivity contribution in [3.8, 4) is 0 Å². The van der Waals surface area contributed by atoms with Gasteiger partial charge in [0.1, 0.15) is 11.6 Å². The maximum atomic E-state index is 14.2. The van der Waals surface area contributed by atoms with Crippen LogP contribution in [0.5, 0.6) is 0 Å². The smallest absolute Gasteiger partial charge is 0.135 e. The van der Waals surface area contributed by atoms with Gasteiger partial charge in [-0.25, -0.2) is 8.78 Å². The van der Waals surface area contributed by atoms with Gasteiger partial charge in [0.2, 0.25) is 0 Å². The van der Waals surface area contributed by atoms with E-state index in [1.54, 1.807) is 6.08 Å². The minimum Gasteiger partial charge on any atom is -0.400 e. The fourth-order valence-electron chi connectivity index (χ4n) is 3.58. The van der Waals surface area contributed by atoms with Gasteiger partial charge in [-0.1, -0.05) is 39.3 Å². The van der Waals surface area contributed by atoms with Crippen LogP contribution in [0, 0.1) is 17.6 Å². The Balaban J connectivity index is 2.47. The lowest BCUT2D eigenvalue weighted by Crippen LogP contribution is -2.35. The van der Waals surface area contributed by atoms with Gasteiger partial charge < -0.3 is 21.7 Å². The summed E-state index contributed by atoms with van der Waals surface area (Å²) in [7, 11) is 0. The molecule has 5 N–H and O–H groups in total. The number of hydrogen-bond acceptors (Lipinski definition) is 4. The van der Waals surface area contributed by atoms with Crippen molar-refractivity contribution in [1.29, 1.82) is 0 Å². The van der Waals surface area contributed by atoms with Crippen LogP contribution in [0.1, 0.15) is 45.6 Å². The lowest BCUT2D eigenvalue weighted by Gasteiger charge is -2.29. The summed E-state index contributed by atoms with van der Waals surface area (Å²) >= 11 is 0. The van der Waals surface area contributed by atoms with Crippen LogP contribution in [-0.2, 0) is 0 Å². The van der Waals surface area contributed by atoms with Crippen molar-refractivity contribution in [3.05, 3.63) is 65.1 Å². The third kappa shape index (κ3) is 4.86. The predicted octanol–water partition coefficient (Wildman–Crippen LogP) is 4.07. The molecule has 0 saturated carbocycles. The van der Waals surface area contributed by atoms with Crippen molar-refractivity contribution < 1.29 is 8.78 Å². The molecule has 28 heavy (non-hydrogen) atoms. The minimum absolute atomic E-state index is 0.0440. The van der Waals surface area contributed by atoms with E-state index < -0.39 is 11.6 Å². The van der Waals surface area contributed by atoms with Crippen molar-refractivity contribution in [2.45, 2.75) is 46.1 Å². The van der Waals surface area contributed by atoms with Crippen molar-refractivity contribution in [2.75, 3.05) is 13.1 Å². The Morgan fingerprint density at radius 3 is 2.46 bits per heavy atom. The number of benzene rings is 1. The predicted molar refractivity (Wildman–Crippen MR) is 112 cm³/mol. The Kier molecular flexibility index (Phi) is 7.49. The van der Waals surface area contributed by atoms with Crippen LogP contribution in [0.2, 0.25) is 0 Å². The molecule has 2 rings (SSSR count). The molecule has 1 saturated heterocycles. The topological polar surface area (TPSA) is 67.3 Å². The third-order valence-corrected chi connectivity index (χ3v) is 5.36. The van der Waals surface area contributed by atoms with Crippen LogP contribution in [0.3, 0.4) is 0 Å². The summed E-state index contributed by atoms with van der Waals surface area (Å²) in [5.41, 5.74) is 14.0. The number of unbranched alkanes of at least 4 members (excludes halogenated alkanes) is 1. The monoisotopic (exact) mass is 390 g/mol. The number of halogens is 2. The Morgan fingerprint density at radius 1 is 1.29 bits per heavy atom. The van der Waals surface area contributed by atoms with Crippen LogP contribution < -0.4 is 16.8 Å². The van der Waals surface area contributed by atoms with E-state index in [9.17, 15) is 8.78 Å². The van der Waals surface area contributed by atoms with E-state index in [-0.39, 0.29) is 23.2 Å². The lowest BCUT2D eigenvalue weighted by atomic mass is 9.90. The zero-order valence-electron chi connectivity index (χ0n) is 17.1. The molecule has 154 valence electrons. The van der Waals surface area contributed by atoms with E-state index in [1.165, 1.54) is 18.2 Å². The highest BCUT2D eigenvalue weighted by Crippen LogP contribution is 2.28. The molecule has 0 radical (unpaired) electrons. The van der Waals surface area contributed by atoms with E-state index in [0.717, 1.165) is 43.7 Å². The van der Waals surface area contributed by atoms with Crippen molar-refractivity contribution in [2.24, 2.45) is 17.4 Å². The normalized spacial score (nSPS) is 18.0.